The van der Waals surface area contributed by atoms with Gasteiger partial charge < -0.3 is 19.9 Å². The second-order valence-corrected chi connectivity index (χ2v) is 6.05. The van der Waals surface area contributed by atoms with Crippen LogP contribution in [0.5, 0.6) is 0 Å². The summed E-state index contributed by atoms with van der Waals surface area (Å²) in [5.74, 6) is -0.595. The van der Waals surface area contributed by atoms with Crippen molar-refractivity contribution < 1.29 is 32.5 Å². The van der Waals surface area contributed by atoms with Crippen LogP contribution in [-0.2, 0) is 14.3 Å². The monoisotopic (exact) mass is 392 g/mol. The number of esters is 1. The van der Waals surface area contributed by atoms with Gasteiger partial charge >= 0.3 is 12.1 Å². The Balaban J connectivity index is 2.83. The molecule has 0 heterocycles. The number of hydrogen-bond donors (Lipinski definition) is 3. The third-order valence-electron chi connectivity index (χ3n) is 3.93. The number of rotatable bonds is 11. The van der Waals surface area contributed by atoms with E-state index >= 15 is 0 Å². The zero-order chi connectivity index (χ0) is 20.4. The summed E-state index contributed by atoms with van der Waals surface area (Å²) in [6, 6.07) is 4.72. The molecule has 0 radical (unpaired) electrons. The van der Waals surface area contributed by atoms with Crippen LogP contribution in [0, 0.1) is 0 Å². The molecule has 3 N–H and O–H groups in total. The van der Waals surface area contributed by atoms with E-state index in [1.54, 1.807) is 37.3 Å². The number of benzene rings is 1. The first-order valence-electron chi connectivity index (χ1n) is 8.65. The smallest absolute Gasteiger partial charge is 0.406 e. The van der Waals surface area contributed by atoms with Crippen LogP contribution in [-0.4, -0.2) is 62.3 Å². The predicted molar refractivity (Wildman–Crippen MR) is 94.1 cm³/mol. The minimum atomic E-state index is -4.70. The molecule has 0 saturated heterocycles. The molecule has 1 rings (SSSR count). The van der Waals surface area contributed by atoms with Crippen molar-refractivity contribution in [1.82, 2.24) is 10.6 Å². The third kappa shape index (κ3) is 7.84. The van der Waals surface area contributed by atoms with Crippen LogP contribution >= 0.6 is 0 Å². The number of aliphatic hydroxyl groups is 1. The number of ether oxygens (including phenoxy) is 2. The molecule has 154 valence electrons. The van der Waals surface area contributed by atoms with E-state index in [4.69, 9.17) is 9.47 Å². The van der Waals surface area contributed by atoms with Crippen molar-refractivity contribution in [2.45, 2.75) is 44.3 Å². The first-order valence-corrected chi connectivity index (χ1v) is 8.65. The van der Waals surface area contributed by atoms with E-state index in [1.807, 2.05) is 0 Å². The molecule has 6 nitrogen and oxygen atoms in total. The van der Waals surface area contributed by atoms with Gasteiger partial charge in [0.15, 0.2) is 0 Å². The molecule has 4 atom stereocenters. The highest BCUT2D eigenvalue weighted by Crippen LogP contribution is 2.26. The molecule has 0 fully saturated rings. The Bertz CT molecular complexity index is 557. The first kappa shape index (κ1) is 23.4. The zero-order valence-corrected chi connectivity index (χ0v) is 15.6. The van der Waals surface area contributed by atoms with Crippen molar-refractivity contribution >= 4 is 5.97 Å². The molecular formula is C18H27F3N2O4. The molecule has 1 aromatic rings. The number of carbonyl (C=O) groups is 1. The van der Waals surface area contributed by atoms with Crippen LogP contribution in [0.4, 0.5) is 13.2 Å². The predicted octanol–water partition coefficient (Wildman–Crippen LogP) is 1.80. The number of alkyl halides is 3. The number of halogens is 3. The summed E-state index contributed by atoms with van der Waals surface area (Å²) in [5, 5.41) is 15.1. The fourth-order valence-electron chi connectivity index (χ4n) is 2.50. The lowest BCUT2D eigenvalue weighted by molar-refractivity contribution is -0.180. The fourth-order valence-corrected chi connectivity index (χ4v) is 2.50. The van der Waals surface area contributed by atoms with Crippen LogP contribution in [0.15, 0.2) is 30.3 Å². The maximum Gasteiger partial charge on any atom is 0.406 e. The van der Waals surface area contributed by atoms with Gasteiger partial charge in [-0.2, -0.15) is 13.2 Å². The summed E-state index contributed by atoms with van der Waals surface area (Å²) < 4.78 is 50.3. The number of aliphatic hydroxyl groups excluding tert-OH is 1. The van der Waals surface area contributed by atoms with Gasteiger partial charge in [-0.25, -0.2) is 0 Å². The molecule has 1 aromatic carbocycles. The highest BCUT2D eigenvalue weighted by molar-refractivity contribution is 5.75. The molecule has 27 heavy (non-hydrogen) atoms. The topological polar surface area (TPSA) is 79.8 Å². The molecule has 0 saturated carbocycles. The Labute approximate surface area is 157 Å². The lowest BCUT2D eigenvalue weighted by Gasteiger charge is -2.31. The summed E-state index contributed by atoms with van der Waals surface area (Å²) in [6.45, 7) is 2.80. The van der Waals surface area contributed by atoms with Crippen molar-refractivity contribution in [3.63, 3.8) is 0 Å². The van der Waals surface area contributed by atoms with Gasteiger partial charge in [0.2, 0.25) is 0 Å². The number of methoxy groups -OCH3 is 1. The molecule has 9 heteroatoms. The van der Waals surface area contributed by atoms with Crippen LogP contribution in [0.1, 0.15) is 25.5 Å². The van der Waals surface area contributed by atoms with Gasteiger partial charge in [-0.05, 0) is 19.4 Å². The lowest BCUT2D eigenvalue weighted by Crippen LogP contribution is -2.56. The largest absolute Gasteiger partial charge is 0.465 e. The van der Waals surface area contributed by atoms with Gasteiger partial charge in [0.25, 0.3) is 0 Å². The zero-order valence-electron chi connectivity index (χ0n) is 15.6. The standard InChI is InChI=1S/C18H27F3N2O4/c1-4-27-17(25)12(2)22-10-15(24)16(18(19,20)21)23-14(11-26-3)13-8-6-5-7-9-13/h5-9,12,14-16,22-24H,4,10-11H2,1-3H3/t12-,14-,15-,16+/m0/s1. The normalized spacial score (nSPS) is 16.4. The van der Waals surface area contributed by atoms with E-state index in [1.165, 1.54) is 14.0 Å². The molecule has 0 aromatic heterocycles. The third-order valence-corrected chi connectivity index (χ3v) is 3.93. The fraction of sp³-hybridized carbons (Fsp3) is 0.611. The Morgan fingerprint density at radius 1 is 1.26 bits per heavy atom. The van der Waals surface area contributed by atoms with Gasteiger partial charge in [-0.1, -0.05) is 30.3 Å². The van der Waals surface area contributed by atoms with Gasteiger partial charge in [0.05, 0.1) is 25.4 Å². The number of hydrogen-bond acceptors (Lipinski definition) is 6. The van der Waals surface area contributed by atoms with Crippen molar-refractivity contribution in [2.24, 2.45) is 0 Å². The minimum absolute atomic E-state index is 0.00400. The molecule has 0 unspecified atom stereocenters. The summed E-state index contributed by atoms with van der Waals surface area (Å²) in [6.07, 6.45) is -6.51. The van der Waals surface area contributed by atoms with E-state index in [0.29, 0.717) is 5.56 Å². The van der Waals surface area contributed by atoms with E-state index in [-0.39, 0.29) is 13.2 Å². The second kappa shape index (κ2) is 11.2. The molecular weight excluding hydrogens is 365 g/mol. The van der Waals surface area contributed by atoms with Gasteiger partial charge in [-0.15, -0.1) is 0 Å². The van der Waals surface area contributed by atoms with Crippen molar-refractivity contribution in [2.75, 3.05) is 26.9 Å². The molecule has 0 spiro atoms. The number of carbonyl (C=O) groups excluding carboxylic acids is 1. The number of nitrogens with one attached hydrogen (secondary N) is 2. The minimum Gasteiger partial charge on any atom is -0.465 e. The van der Waals surface area contributed by atoms with E-state index in [9.17, 15) is 23.1 Å². The maximum absolute atomic E-state index is 13.5. The van der Waals surface area contributed by atoms with Crippen LogP contribution in [0.3, 0.4) is 0 Å². The van der Waals surface area contributed by atoms with E-state index < -0.39 is 42.9 Å². The molecule has 0 amide bonds. The maximum atomic E-state index is 13.5. The van der Waals surface area contributed by atoms with Gasteiger partial charge in [-0.3, -0.25) is 10.1 Å². The summed E-state index contributed by atoms with van der Waals surface area (Å²) in [7, 11) is 1.39. The SMILES string of the molecule is CCOC(=O)[C@H](C)NC[C@H](O)[C@@H](N[C@@H](COC)c1ccccc1)C(F)(F)F. The highest BCUT2D eigenvalue weighted by atomic mass is 19.4. The van der Waals surface area contributed by atoms with Crippen LogP contribution in [0.2, 0.25) is 0 Å². The molecule has 0 aliphatic heterocycles. The molecule has 0 aliphatic rings. The Kier molecular flexibility index (Phi) is 9.71. The quantitative estimate of drug-likeness (QED) is 0.499. The van der Waals surface area contributed by atoms with E-state index in [2.05, 4.69) is 10.6 Å². The first-order chi connectivity index (χ1) is 12.7. The van der Waals surface area contributed by atoms with Gasteiger partial charge in [0.1, 0.15) is 12.1 Å². The van der Waals surface area contributed by atoms with Crippen LogP contribution in [0.25, 0.3) is 0 Å². The Hall–Kier alpha value is -1.68. The van der Waals surface area contributed by atoms with Crippen molar-refractivity contribution in [3.8, 4) is 0 Å². The molecule has 0 bridgehead atoms. The lowest BCUT2D eigenvalue weighted by atomic mass is 10.0. The summed E-state index contributed by atoms with van der Waals surface area (Å²) in [5.41, 5.74) is 0.605. The summed E-state index contributed by atoms with van der Waals surface area (Å²) >= 11 is 0. The van der Waals surface area contributed by atoms with Crippen molar-refractivity contribution in [1.29, 1.82) is 0 Å². The second-order valence-electron chi connectivity index (χ2n) is 6.05. The Morgan fingerprint density at radius 2 is 1.89 bits per heavy atom. The van der Waals surface area contributed by atoms with Crippen molar-refractivity contribution in [3.05, 3.63) is 35.9 Å². The average Bonchev–Trinajstić information content (AvgIpc) is 2.62. The highest BCUT2D eigenvalue weighted by Gasteiger charge is 2.45. The summed E-state index contributed by atoms with van der Waals surface area (Å²) in [4.78, 5) is 11.5. The average molecular weight is 392 g/mol. The Morgan fingerprint density at radius 3 is 2.41 bits per heavy atom. The van der Waals surface area contributed by atoms with Gasteiger partial charge in [0, 0.05) is 13.7 Å². The van der Waals surface area contributed by atoms with Crippen LogP contribution < -0.4 is 10.6 Å². The van der Waals surface area contributed by atoms with E-state index in [0.717, 1.165) is 0 Å². The molecule has 0 aliphatic carbocycles.